The highest BCUT2D eigenvalue weighted by molar-refractivity contribution is 6.53. The van der Waals surface area contributed by atoms with Gasteiger partial charge in [0.05, 0.1) is 31.0 Å². The van der Waals surface area contributed by atoms with Gasteiger partial charge in [0.15, 0.2) is 11.3 Å². The van der Waals surface area contributed by atoms with Crippen LogP contribution in [-0.4, -0.2) is 87.2 Å². The number of fused-ring (bicyclic) bond motifs is 3. The van der Waals surface area contributed by atoms with Gasteiger partial charge in [-0.05, 0) is 37.1 Å². The molecule has 1 aromatic heterocycles. The van der Waals surface area contributed by atoms with E-state index in [0.717, 1.165) is 11.1 Å². The Morgan fingerprint density at radius 2 is 2.00 bits per heavy atom. The maximum atomic E-state index is 13.9. The lowest BCUT2D eigenvalue weighted by Crippen LogP contribution is -2.57. The fourth-order valence-corrected chi connectivity index (χ4v) is 3.95. The highest BCUT2D eigenvalue weighted by Crippen LogP contribution is 2.36. The quantitative estimate of drug-likeness (QED) is 0.559. The summed E-state index contributed by atoms with van der Waals surface area (Å²) >= 11 is 0. The van der Waals surface area contributed by atoms with Gasteiger partial charge in [0.1, 0.15) is 57.7 Å². The van der Waals surface area contributed by atoms with Crippen LogP contribution in [0.2, 0.25) is 0 Å². The lowest BCUT2D eigenvalue weighted by Gasteiger charge is -2.38. The number of hydrogen-bond acceptors (Lipinski definition) is 5. The zero-order valence-corrected chi connectivity index (χ0v) is 18.3. The molecule has 4 rings (SSSR count). The molecule has 6 nitrogen and oxygen atoms in total. The molecular formula is C21H19B5FNO5. The van der Waals surface area contributed by atoms with E-state index in [1.54, 1.807) is 25.1 Å². The topological polar surface area (TPSA) is 58.9 Å². The summed E-state index contributed by atoms with van der Waals surface area (Å²) in [5.74, 6) is 0.476. The van der Waals surface area contributed by atoms with Gasteiger partial charge in [-0.2, -0.15) is 0 Å². The van der Waals surface area contributed by atoms with E-state index < -0.39 is 10.9 Å². The van der Waals surface area contributed by atoms with Crippen LogP contribution in [0, 0.1) is 6.92 Å². The van der Waals surface area contributed by atoms with Gasteiger partial charge in [-0.1, -0.05) is 0 Å². The number of aryl methyl sites for hydroxylation is 1. The molecule has 33 heavy (non-hydrogen) atoms. The Hall–Kier alpha value is -2.06. The molecule has 2 aromatic rings. The monoisotopic (exact) mass is 439 g/mol. The van der Waals surface area contributed by atoms with E-state index in [4.69, 9.17) is 58.2 Å². The Labute approximate surface area is 198 Å². The lowest BCUT2D eigenvalue weighted by molar-refractivity contribution is -0.102. The van der Waals surface area contributed by atoms with Crippen molar-refractivity contribution in [2.24, 2.45) is 0 Å². The third kappa shape index (κ3) is 4.65. The Bertz CT molecular complexity index is 1110. The van der Waals surface area contributed by atoms with Gasteiger partial charge >= 0.3 is 0 Å². The van der Waals surface area contributed by atoms with Gasteiger partial charge in [-0.15, -0.1) is 0 Å². The summed E-state index contributed by atoms with van der Waals surface area (Å²) in [5.41, 5.74) is -0.483. The van der Waals surface area contributed by atoms with Gasteiger partial charge < -0.3 is 23.5 Å². The summed E-state index contributed by atoms with van der Waals surface area (Å²) in [6.07, 6.45) is 0.302. The highest BCUT2D eigenvalue weighted by atomic mass is 19.1. The molecule has 0 bridgehead atoms. The largest absolute Gasteiger partial charge is 0.505 e. The number of benzene rings is 1. The van der Waals surface area contributed by atoms with Crippen LogP contribution in [0.3, 0.4) is 0 Å². The minimum Gasteiger partial charge on any atom is -0.505 e. The molecule has 0 saturated carbocycles. The standard InChI is InChI=1S/C21H19B5FNO5/c1-11-17-15-3-2-13(33-21(25,26)20(23,24)27)8-12(15)4-5-28(17)19(16(22)18(11)29)32-10-14-9-30-6-7-31-14/h2-3,8,14H,4-7,9-10H2,1H3. The molecule has 1 aromatic carbocycles. The van der Waals surface area contributed by atoms with E-state index in [1.807, 2.05) is 4.57 Å². The van der Waals surface area contributed by atoms with Gasteiger partial charge in [0, 0.05) is 28.5 Å². The number of halogens is 1. The van der Waals surface area contributed by atoms with Crippen molar-refractivity contribution in [2.75, 3.05) is 26.4 Å². The smallest absolute Gasteiger partial charge is 0.190 e. The van der Waals surface area contributed by atoms with Crippen LogP contribution in [0.4, 0.5) is 4.39 Å². The van der Waals surface area contributed by atoms with Crippen molar-refractivity contribution >= 4 is 44.7 Å². The van der Waals surface area contributed by atoms with Crippen LogP contribution < -0.4 is 20.4 Å². The van der Waals surface area contributed by atoms with E-state index >= 15 is 0 Å². The number of alkyl halides is 1. The number of nitrogens with zero attached hydrogens (tertiary/aromatic N) is 1. The Balaban J connectivity index is 1.69. The summed E-state index contributed by atoms with van der Waals surface area (Å²) < 4.78 is 38.0. The molecule has 0 aliphatic carbocycles. The summed E-state index contributed by atoms with van der Waals surface area (Å²) in [5, 5.41) is -2.44. The lowest BCUT2D eigenvalue weighted by atomic mass is 9.43. The van der Waals surface area contributed by atoms with Crippen LogP contribution in [0.1, 0.15) is 11.1 Å². The summed E-state index contributed by atoms with van der Waals surface area (Å²) in [4.78, 5) is 12.9. The van der Waals surface area contributed by atoms with Gasteiger partial charge in [0.2, 0.25) is 0 Å². The molecule has 3 heterocycles. The Kier molecular flexibility index (Phi) is 6.53. The van der Waals surface area contributed by atoms with Crippen molar-refractivity contribution in [3.05, 3.63) is 39.5 Å². The molecule has 0 amide bonds. The molecule has 2 aliphatic heterocycles. The molecule has 0 spiro atoms. The maximum Gasteiger partial charge on any atom is 0.190 e. The third-order valence-corrected chi connectivity index (χ3v) is 5.80. The summed E-state index contributed by atoms with van der Waals surface area (Å²) in [7, 11) is 27.7. The second kappa shape index (κ2) is 8.95. The van der Waals surface area contributed by atoms with Crippen molar-refractivity contribution < 1.29 is 23.3 Å². The maximum absolute atomic E-state index is 13.9. The zero-order valence-electron chi connectivity index (χ0n) is 18.3. The van der Waals surface area contributed by atoms with Crippen LogP contribution in [0.25, 0.3) is 11.3 Å². The van der Waals surface area contributed by atoms with E-state index in [0.29, 0.717) is 44.0 Å². The number of ether oxygens (including phenoxy) is 4. The minimum atomic E-state index is -2.96. The number of pyridine rings is 1. The predicted octanol–water partition coefficient (Wildman–Crippen LogP) is -0.702. The SMILES string of the molecule is [B]c1c(OCC2COCCO2)n2c(c(C)c1=O)-c1ccc(OC([B])([B])C([B])([B])F)cc1CC2. The average Bonchev–Trinajstić information content (AvgIpc) is 2.76. The first kappa shape index (κ1) is 24.1. The first-order valence-corrected chi connectivity index (χ1v) is 10.5. The van der Waals surface area contributed by atoms with E-state index in [9.17, 15) is 9.18 Å². The van der Waals surface area contributed by atoms with Crippen molar-refractivity contribution in [2.45, 2.75) is 36.9 Å². The Morgan fingerprint density at radius 3 is 2.67 bits per heavy atom. The molecular weight excluding hydrogens is 419 g/mol. The zero-order chi connectivity index (χ0) is 24.0. The van der Waals surface area contributed by atoms with Gasteiger partial charge in [0.25, 0.3) is 0 Å². The normalized spacial score (nSPS) is 18.3. The summed E-state index contributed by atoms with van der Waals surface area (Å²) in [6.45, 7) is 3.81. The number of hydrogen-bond donors (Lipinski definition) is 0. The molecule has 2 aliphatic rings. The predicted molar refractivity (Wildman–Crippen MR) is 126 cm³/mol. The third-order valence-electron chi connectivity index (χ3n) is 5.80. The molecule has 1 fully saturated rings. The highest BCUT2D eigenvalue weighted by Gasteiger charge is 2.37. The van der Waals surface area contributed by atoms with Crippen molar-refractivity contribution in [1.82, 2.24) is 4.57 Å². The Morgan fingerprint density at radius 1 is 1.24 bits per heavy atom. The molecule has 12 heteroatoms. The van der Waals surface area contributed by atoms with Crippen LogP contribution in [-0.2, 0) is 22.4 Å². The second-order valence-corrected chi connectivity index (χ2v) is 8.28. The molecule has 0 N–H and O–H groups in total. The minimum absolute atomic E-state index is 0.0394. The van der Waals surface area contributed by atoms with Crippen molar-refractivity contribution in [3.8, 4) is 22.9 Å². The van der Waals surface area contributed by atoms with E-state index in [-0.39, 0.29) is 35.2 Å². The van der Waals surface area contributed by atoms with Crippen LogP contribution in [0.15, 0.2) is 23.0 Å². The van der Waals surface area contributed by atoms with Gasteiger partial charge in [-0.25, -0.2) is 0 Å². The molecule has 1 unspecified atom stereocenters. The number of rotatable bonds is 6. The van der Waals surface area contributed by atoms with E-state index in [1.165, 1.54) is 0 Å². The molecule has 1 atom stereocenters. The fourth-order valence-electron chi connectivity index (χ4n) is 3.95. The molecule has 160 valence electrons. The van der Waals surface area contributed by atoms with Crippen molar-refractivity contribution in [1.29, 1.82) is 0 Å². The van der Waals surface area contributed by atoms with Crippen LogP contribution in [0.5, 0.6) is 11.6 Å². The first-order valence-electron chi connectivity index (χ1n) is 10.5. The molecule has 10 radical (unpaired) electrons. The van der Waals surface area contributed by atoms with Crippen LogP contribution >= 0.6 is 0 Å². The summed E-state index contributed by atoms with van der Waals surface area (Å²) in [6, 6.07) is 4.93. The fraction of sp³-hybridized carbons (Fsp3) is 0.476. The first-order chi connectivity index (χ1) is 15.5. The second-order valence-electron chi connectivity index (χ2n) is 8.28. The van der Waals surface area contributed by atoms with E-state index in [2.05, 4.69) is 0 Å². The molecule has 1 saturated heterocycles. The van der Waals surface area contributed by atoms with Gasteiger partial charge in [-0.3, -0.25) is 9.18 Å². The average molecular weight is 438 g/mol. The van der Waals surface area contributed by atoms with Crippen molar-refractivity contribution in [3.63, 3.8) is 0 Å². The number of aromatic nitrogens is 1.